The molecule has 5 aromatic rings. The number of hydrogen-bond acceptors (Lipinski definition) is 2. The summed E-state index contributed by atoms with van der Waals surface area (Å²) in [6.45, 7) is 15.5. The van der Waals surface area contributed by atoms with Gasteiger partial charge in [-0.05, 0) is 29.3 Å². The molecule has 6 rings (SSSR count). The maximum atomic E-state index is 7.33. The number of rotatable bonds is 2. The van der Waals surface area contributed by atoms with Crippen molar-refractivity contribution < 1.29 is 20.1 Å². The smallest absolute Gasteiger partial charge is 0.176 e. The fourth-order valence-corrected chi connectivity index (χ4v) is 4.10. The number of pyridine rings is 1. The summed E-state index contributed by atoms with van der Waals surface area (Å²) in [5, 5.41) is 0. The fourth-order valence-electron chi connectivity index (χ4n) is 4.10. The second-order valence-electron chi connectivity index (χ2n) is 7.87. The van der Waals surface area contributed by atoms with Gasteiger partial charge in [-0.2, -0.15) is 6.07 Å². The molecule has 36 heavy (non-hydrogen) atoms. The average molecular weight is 642 g/mol. The van der Waals surface area contributed by atoms with Gasteiger partial charge < -0.3 is 9.55 Å². The van der Waals surface area contributed by atoms with Crippen LogP contribution in [0.3, 0.4) is 0 Å². The van der Waals surface area contributed by atoms with E-state index >= 15 is 0 Å². The summed E-state index contributed by atoms with van der Waals surface area (Å²) >= 11 is 0. The summed E-state index contributed by atoms with van der Waals surface area (Å²) < 4.78 is 2.18. The van der Waals surface area contributed by atoms with Crippen molar-refractivity contribution in [3.8, 4) is 33.8 Å². The molecule has 0 unspecified atom stereocenters. The van der Waals surface area contributed by atoms with Gasteiger partial charge in [-0.25, -0.2) is 0 Å². The third-order valence-electron chi connectivity index (χ3n) is 5.81. The molecule has 0 aliphatic carbocycles. The molecule has 0 atom stereocenters. The molecule has 3 heterocycles. The maximum Gasteiger partial charge on any atom is 0.176 e. The van der Waals surface area contributed by atoms with Gasteiger partial charge in [-0.3, -0.25) is 14.7 Å². The minimum absolute atomic E-state index is 0. The molecule has 1 radical (unpaired) electrons. The van der Waals surface area contributed by atoms with E-state index in [2.05, 4.69) is 42.4 Å². The zero-order valence-corrected chi connectivity index (χ0v) is 21.5. The molecule has 175 valence electrons. The molecule has 5 nitrogen and oxygen atoms in total. The van der Waals surface area contributed by atoms with Crippen LogP contribution in [0.15, 0.2) is 91.4 Å². The first-order chi connectivity index (χ1) is 17.3. The maximum absolute atomic E-state index is 7.33. The van der Waals surface area contributed by atoms with Crippen LogP contribution in [0.2, 0.25) is 0 Å². The summed E-state index contributed by atoms with van der Waals surface area (Å²) in [4.78, 5) is 15.6. The molecule has 2 aromatic heterocycles. The molecule has 3 aromatic carbocycles. The van der Waals surface area contributed by atoms with Gasteiger partial charge in [0.1, 0.15) is 0 Å². The van der Waals surface area contributed by atoms with Crippen molar-refractivity contribution in [3.63, 3.8) is 0 Å². The van der Waals surface area contributed by atoms with Crippen molar-refractivity contribution in [2.24, 2.45) is 0 Å². The summed E-state index contributed by atoms with van der Waals surface area (Å²) in [5.74, 6) is 1.06. The van der Waals surface area contributed by atoms with E-state index in [0.717, 1.165) is 29.9 Å². The molecule has 0 N–H and O–H groups in total. The third kappa shape index (κ3) is 5.02. The Morgan fingerprint density at radius 3 is 2.44 bits per heavy atom. The zero-order valence-electron chi connectivity index (χ0n) is 19.1. The molecule has 0 fully saturated rings. The van der Waals surface area contributed by atoms with Crippen molar-refractivity contribution in [2.75, 3.05) is 0 Å². The van der Waals surface area contributed by atoms with Crippen LogP contribution in [-0.4, -0.2) is 14.5 Å². The number of fused-ring (bicyclic) bond motifs is 3. The van der Waals surface area contributed by atoms with Gasteiger partial charge in [0.15, 0.2) is 11.4 Å². The third-order valence-corrected chi connectivity index (χ3v) is 5.81. The van der Waals surface area contributed by atoms with Crippen molar-refractivity contribution in [1.29, 1.82) is 0 Å². The molecule has 6 heteroatoms. The zero-order chi connectivity index (χ0) is 24.0. The van der Waals surface area contributed by atoms with Crippen molar-refractivity contribution in [3.05, 3.63) is 132 Å². The number of aryl methyl sites for hydroxylation is 2. The summed E-state index contributed by atoms with van der Waals surface area (Å²) in [5.41, 5.74) is 6.48. The summed E-state index contributed by atoms with van der Waals surface area (Å²) in [6.07, 6.45) is 6.68. The van der Waals surface area contributed by atoms with Crippen LogP contribution in [-0.2, 0) is 33.1 Å². The molecular weight excluding hydrogens is 623 g/mol. The molecule has 1 aliphatic heterocycles. The van der Waals surface area contributed by atoms with Gasteiger partial charge in [0, 0.05) is 45.2 Å². The standard InChI is InChI=1S/C19H10N3.C11H9N2.Ir/c1-20-17-10-6-9-16(19(17)21-2)18-13-15(11-12-22-18)14-7-4-3-5-8-14;1-2-4-10-9(3-1)5-7-13-8-6-12-11(10)13;/h3-8,10-13H;1-3,6,8H,5,7H2;/q2*-1;. The first-order valence-corrected chi connectivity index (χ1v) is 11.1. The minimum Gasteiger partial charge on any atom is -0.371 e. The number of benzene rings is 3. The molecular formula is C30H19IrN5-2. The molecule has 0 saturated carbocycles. The molecule has 0 saturated heterocycles. The normalized spacial score (nSPS) is 10.8. The van der Waals surface area contributed by atoms with Crippen molar-refractivity contribution in [1.82, 2.24) is 14.5 Å². The van der Waals surface area contributed by atoms with Gasteiger partial charge in [0.2, 0.25) is 0 Å². The Balaban J connectivity index is 0.000000185. The van der Waals surface area contributed by atoms with Crippen molar-refractivity contribution in [2.45, 2.75) is 13.0 Å². The molecule has 0 spiro atoms. The Kier molecular flexibility index (Phi) is 7.83. The number of hydrogen-bond donors (Lipinski definition) is 0. The Morgan fingerprint density at radius 2 is 1.64 bits per heavy atom. The quantitative estimate of drug-likeness (QED) is 0.191. The second kappa shape index (κ2) is 11.4. The first kappa shape index (κ1) is 24.8. The number of nitrogens with zero attached hydrogens (tertiary/aromatic N) is 5. The van der Waals surface area contributed by atoms with Crippen LogP contribution >= 0.6 is 0 Å². The van der Waals surface area contributed by atoms with Crippen LogP contribution in [0.4, 0.5) is 11.4 Å². The molecule has 0 bridgehead atoms. The van der Waals surface area contributed by atoms with Gasteiger partial charge in [-0.1, -0.05) is 42.0 Å². The van der Waals surface area contributed by atoms with Crippen molar-refractivity contribution >= 4 is 11.4 Å². The van der Waals surface area contributed by atoms with Gasteiger partial charge in [-0.15, -0.1) is 47.5 Å². The Morgan fingerprint density at radius 1 is 0.806 bits per heavy atom. The van der Waals surface area contributed by atoms with E-state index in [1.165, 1.54) is 11.1 Å². The van der Waals surface area contributed by atoms with Crippen LogP contribution in [0, 0.1) is 25.3 Å². The van der Waals surface area contributed by atoms with Gasteiger partial charge in [0.05, 0.1) is 19.0 Å². The van der Waals surface area contributed by atoms with E-state index in [1.807, 2.05) is 67.0 Å². The second-order valence-corrected chi connectivity index (χ2v) is 7.87. The summed E-state index contributed by atoms with van der Waals surface area (Å²) in [7, 11) is 0. The predicted molar refractivity (Wildman–Crippen MR) is 137 cm³/mol. The van der Waals surface area contributed by atoms with E-state index in [4.69, 9.17) is 13.1 Å². The Labute approximate surface area is 224 Å². The predicted octanol–water partition coefficient (Wildman–Crippen LogP) is 7.22. The van der Waals surface area contributed by atoms with E-state index in [1.54, 1.807) is 18.3 Å². The Hall–Kier alpha value is -4.35. The Bertz CT molecular complexity index is 1580. The summed E-state index contributed by atoms with van der Waals surface area (Å²) in [6, 6.07) is 29.5. The van der Waals surface area contributed by atoms with E-state index < -0.39 is 0 Å². The fraction of sp³-hybridized carbons (Fsp3) is 0.0667. The van der Waals surface area contributed by atoms with Crippen LogP contribution in [0.5, 0.6) is 0 Å². The van der Waals surface area contributed by atoms with E-state index in [-0.39, 0.29) is 20.1 Å². The SMILES string of the molecule is [C-]#[N+]c1cc[c-]c(-c2cc(-c3ccccc3)ccn2)c1[N+]#[C-].[Ir].[c-]1cccc2c1-c1nccn1CC2. The first-order valence-electron chi connectivity index (χ1n) is 11.1. The van der Waals surface area contributed by atoms with Crippen LogP contribution < -0.4 is 0 Å². The molecule has 1 aliphatic rings. The topological polar surface area (TPSA) is 39.4 Å². The van der Waals surface area contributed by atoms with Crippen LogP contribution in [0.1, 0.15) is 5.56 Å². The van der Waals surface area contributed by atoms with E-state index in [0.29, 0.717) is 22.6 Å². The monoisotopic (exact) mass is 642 g/mol. The number of aromatic nitrogens is 3. The van der Waals surface area contributed by atoms with Gasteiger partial charge >= 0.3 is 0 Å². The van der Waals surface area contributed by atoms with Crippen LogP contribution in [0.25, 0.3) is 43.5 Å². The van der Waals surface area contributed by atoms with Gasteiger partial charge in [0.25, 0.3) is 0 Å². The largest absolute Gasteiger partial charge is 0.371 e. The number of imidazole rings is 1. The minimum atomic E-state index is 0. The van der Waals surface area contributed by atoms with E-state index in [9.17, 15) is 0 Å². The average Bonchev–Trinajstić information content (AvgIpc) is 3.43. The molecule has 0 amide bonds.